The van der Waals surface area contributed by atoms with Crippen molar-refractivity contribution in [2.24, 2.45) is 0 Å². The van der Waals surface area contributed by atoms with Gasteiger partial charge in [-0.2, -0.15) is 5.26 Å². The summed E-state index contributed by atoms with van der Waals surface area (Å²) < 4.78 is 0. The molecule has 0 saturated heterocycles. The molecule has 0 saturated carbocycles. The number of nitriles is 1. The average molecular weight is 155 g/mol. The third-order valence-corrected chi connectivity index (χ3v) is 1.74. The maximum atomic E-state index is 8.62. The first-order valence-corrected chi connectivity index (χ1v) is 3.65. The van der Waals surface area contributed by atoms with Crippen molar-refractivity contribution in [1.29, 1.82) is 5.26 Å². The highest BCUT2D eigenvalue weighted by molar-refractivity contribution is 5.79. The van der Waals surface area contributed by atoms with E-state index in [0.717, 1.165) is 10.9 Å². The summed E-state index contributed by atoms with van der Waals surface area (Å²) in [5.74, 6) is 0. The molecule has 1 heterocycles. The number of benzene rings is 1. The fourth-order valence-corrected chi connectivity index (χ4v) is 1.14. The molecule has 0 unspecified atom stereocenters. The molecule has 2 rings (SSSR count). The highest BCUT2D eigenvalue weighted by Crippen LogP contribution is 2.11. The van der Waals surface area contributed by atoms with Crippen LogP contribution in [0.3, 0.4) is 0 Å². The van der Waals surface area contributed by atoms with Crippen molar-refractivity contribution < 1.29 is 1.43 Å². The summed E-state index contributed by atoms with van der Waals surface area (Å²) in [5, 5.41) is 9.69. The Morgan fingerprint density at radius 3 is 3.08 bits per heavy atom. The van der Waals surface area contributed by atoms with E-state index >= 15 is 0 Å². The third kappa shape index (κ3) is 1.02. The zero-order valence-electron chi connectivity index (χ0n) is 7.36. The predicted molar refractivity (Wildman–Crippen MR) is 47.6 cm³/mol. The normalized spacial score (nSPS) is 9.58. The van der Waals surface area contributed by atoms with Gasteiger partial charge in [-0.3, -0.25) is 4.98 Å². The van der Waals surface area contributed by atoms with Gasteiger partial charge < -0.3 is 0 Å². The first kappa shape index (κ1) is 6.81. The molecular formula is C10H7N2+. The Hall–Kier alpha value is -1.88. The third-order valence-electron chi connectivity index (χ3n) is 1.74. The summed E-state index contributed by atoms with van der Waals surface area (Å²) in [4.78, 5) is 4.14. The fraction of sp³-hybridized carbons (Fsp3) is 0. The quantitative estimate of drug-likeness (QED) is 0.584. The molecule has 2 heteroatoms. The first-order chi connectivity index (χ1) is 5.90. The smallest absolute Gasteiger partial charge is 0.256 e. The maximum absolute atomic E-state index is 8.62. The van der Waals surface area contributed by atoms with E-state index in [1.54, 1.807) is 18.3 Å². The van der Waals surface area contributed by atoms with Gasteiger partial charge in [-0.1, -0.05) is 12.1 Å². The van der Waals surface area contributed by atoms with Gasteiger partial charge in [0, 0.05) is 11.6 Å². The average Bonchev–Trinajstić information content (AvgIpc) is 2.17. The Morgan fingerprint density at radius 2 is 2.25 bits per heavy atom. The Kier molecular flexibility index (Phi) is 1.49. The van der Waals surface area contributed by atoms with Crippen LogP contribution in [0.25, 0.3) is 10.9 Å². The van der Waals surface area contributed by atoms with Gasteiger partial charge in [0.2, 0.25) is 0 Å². The minimum Gasteiger partial charge on any atom is -0.256 e. The molecule has 12 heavy (non-hydrogen) atoms. The molecule has 0 amide bonds. The van der Waals surface area contributed by atoms with Crippen molar-refractivity contribution in [3.63, 3.8) is 0 Å². The second-order valence-corrected chi connectivity index (χ2v) is 2.52. The zero-order valence-corrected chi connectivity index (χ0v) is 6.36. The van der Waals surface area contributed by atoms with Gasteiger partial charge in [-0.25, -0.2) is 0 Å². The molecule has 2 nitrogen and oxygen atoms in total. The standard InChI is InChI=1S/C10H6N2/c11-7-8-3-4-9-2-1-5-12-10(9)6-8/h1-6H/p+1. The summed E-state index contributed by atoms with van der Waals surface area (Å²) in [6.45, 7) is 0. The molecule has 1 aromatic carbocycles. The van der Waals surface area contributed by atoms with Crippen LogP contribution in [-0.4, -0.2) is 4.98 Å². The van der Waals surface area contributed by atoms with Crippen LogP contribution in [0.15, 0.2) is 36.5 Å². The first-order valence-electron chi connectivity index (χ1n) is 3.65. The molecule has 56 valence electrons. The highest BCUT2D eigenvalue weighted by Gasteiger charge is 1.93. The molecule has 0 fully saturated rings. The lowest BCUT2D eigenvalue weighted by Crippen LogP contribution is -1.78. The van der Waals surface area contributed by atoms with Crippen molar-refractivity contribution in [3.8, 4) is 6.07 Å². The van der Waals surface area contributed by atoms with Crippen LogP contribution in [0.2, 0.25) is 0 Å². The molecular weight excluding hydrogens is 148 g/mol. The molecule has 1 aromatic heterocycles. The summed E-state index contributed by atoms with van der Waals surface area (Å²) in [7, 11) is 0. The lowest BCUT2D eigenvalue weighted by molar-refractivity contribution is 1.40. The van der Waals surface area contributed by atoms with Gasteiger partial charge in [-0.05, 0) is 18.2 Å². The van der Waals surface area contributed by atoms with E-state index in [-0.39, 0.29) is 1.43 Å². The topological polar surface area (TPSA) is 36.7 Å². The minimum absolute atomic E-state index is 0. The van der Waals surface area contributed by atoms with Crippen LogP contribution >= 0.6 is 0 Å². The molecule has 0 aliphatic rings. The number of nitrogens with zero attached hydrogens (tertiary/aromatic N) is 2. The Balaban J connectivity index is 0.000000845. The minimum atomic E-state index is 0. The molecule has 0 bridgehead atoms. The van der Waals surface area contributed by atoms with Crippen LogP contribution in [0.1, 0.15) is 6.99 Å². The molecule has 0 aliphatic carbocycles. The predicted octanol–water partition coefficient (Wildman–Crippen LogP) is 2.22. The van der Waals surface area contributed by atoms with Crippen molar-refractivity contribution >= 4 is 10.9 Å². The van der Waals surface area contributed by atoms with E-state index in [4.69, 9.17) is 5.26 Å². The molecule has 0 spiro atoms. The van der Waals surface area contributed by atoms with Gasteiger partial charge in [0.1, 0.15) is 0 Å². The molecule has 0 N–H and O–H groups in total. The van der Waals surface area contributed by atoms with Crippen molar-refractivity contribution in [2.75, 3.05) is 0 Å². The van der Waals surface area contributed by atoms with Crippen LogP contribution < -0.4 is 0 Å². The van der Waals surface area contributed by atoms with Crippen molar-refractivity contribution in [1.82, 2.24) is 4.98 Å². The second-order valence-electron chi connectivity index (χ2n) is 2.52. The Bertz CT molecular complexity index is 460. The lowest BCUT2D eigenvalue weighted by Gasteiger charge is -1.94. The summed E-state index contributed by atoms with van der Waals surface area (Å²) in [6.07, 6.45) is 1.73. The van der Waals surface area contributed by atoms with Crippen LogP contribution in [-0.2, 0) is 0 Å². The van der Waals surface area contributed by atoms with E-state index in [1.165, 1.54) is 0 Å². The molecule has 0 aliphatic heterocycles. The number of aromatic nitrogens is 1. The zero-order chi connectivity index (χ0) is 8.39. The fourth-order valence-electron chi connectivity index (χ4n) is 1.14. The van der Waals surface area contributed by atoms with Gasteiger partial charge in [0.05, 0.1) is 17.1 Å². The van der Waals surface area contributed by atoms with Crippen LogP contribution in [0.4, 0.5) is 0 Å². The van der Waals surface area contributed by atoms with E-state index in [2.05, 4.69) is 11.1 Å². The van der Waals surface area contributed by atoms with E-state index in [0.29, 0.717) is 5.56 Å². The monoisotopic (exact) mass is 155 g/mol. The summed E-state index contributed by atoms with van der Waals surface area (Å²) >= 11 is 0. The largest absolute Gasteiger partial charge is 1.00 e. The van der Waals surface area contributed by atoms with E-state index < -0.39 is 0 Å². The Labute approximate surface area is 71.6 Å². The number of fused-ring (bicyclic) bond motifs is 1. The van der Waals surface area contributed by atoms with Crippen molar-refractivity contribution in [2.45, 2.75) is 0 Å². The highest BCUT2D eigenvalue weighted by atomic mass is 14.6. The van der Waals surface area contributed by atoms with E-state index in [9.17, 15) is 0 Å². The summed E-state index contributed by atoms with van der Waals surface area (Å²) in [5.41, 5.74) is 1.53. The molecule has 2 aromatic rings. The summed E-state index contributed by atoms with van der Waals surface area (Å²) in [6, 6.07) is 11.4. The Morgan fingerprint density at radius 1 is 1.33 bits per heavy atom. The second kappa shape index (κ2) is 2.63. The lowest BCUT2D eigenvalue weighted by atomic mass is 10.1. The van der Waals surface area contributed by atoms with Gasteiger partial charge in [0.25, 0.3) is 0 Å². The van der Waals surface area contributed by atoms with Crippen molar-refractivity contribution in [3.05, 3.63) is 42.1 Å². The number of hydrogen-bond acceptors (Lipinski definition) is 2. The van der Waals surface area contributed by atoms with Gasteiger partial charge in [-0.15, -0.1) is 0 Å². The van der Waals surface area contributed by atoms with Gasteiger partial charge >= 0.3 is 1.43 Å². The van der Waals surface area contributed by atoms with Crippen LogP contribution in [0, 0.1) is 11.3 Å². The van der Waals surface area contributed by atoms with E-state index in [1.807, 2.05) is 18.2 Å². The molecule has 0 radical (unpaired) electrons. The SMILES string of the molecule is N#Cc1ccc2cccnc2c1.[H+]. The maximum Gasteiger partial charge on any atom is 1.00 e. The van der Waals surface area contributed by atoms with Crippen LogP contribution in [0.5, 0.6) is 0 Å². The number of pyridine rings is 1. The molecule has 0 atom stereocenters. The van der Waals surface area contributed by atoms with Gasteiger partial charge in [0.15, 0.2) is 0 Å². The number of rotatable bonds is 0. The number of hydrogen-bond donors (Lipinski definition) is 0.